The van der Waals surface area contributed by atoms with E-state index >= 15 is 0 Å². The van der Waals surface area contributed by atoms with Gasteiger partial charge in [0, 0.05) is 12.5 Å². The summed E-state index contributed by atoms with van der Waals surface area (Å²) in [5.74, 6) is 2.26. The largest absolute Gasteiger partial charge is 0.497 e. The zero-order chi connectivity index (χ0) is 14.9. The smallest absolute Gasteiger partial charge is 0.220 e. The summed E-state index contributed by atoms with van der Waals surface area (Å²) in [6.45, 7) is 1.02. The lowest BCUT2D eigenvalue weighted by atomic mass is 9.87. The summed E-state index contributed by atoms with van der Waals surface area (Å²) in [6.07, 6.45) is 6.95. The lowest BCUT2D eigenvalue weighted by Crippen LogP contribution is -2.30. The van der Waals surface area contributed by atoms with Crippen molar-refractivity contribution in [1.82, 2.24) is 5.32 Å². The summed E-state index contributed by atoms with van der Waals surface area (Å²) in [5, 5.41) is 2.93. The van der Waals surface area contributed by atoms with Crippen LogP contribution in [0.2, 0.25) is 0 Å². The molecule has 0 spiro atoms. The third-order valence-electron chi connectivity index (χ3n) is 3.93. The SMILES string of the molecule is COc1cccc(OCCNC(=O)CC2CCCCC2)c1. The van der Waals surface area contributed by atoms with Crippen molar-refractivity contribution in [2.24, 2.45) is 5.92 Å². The minimum atomic E-state index is 0.149. The molecule has 116 valence electrons. The maximum Gasteiger partial charge on any atom is 0.220 e. The minimum absolute atomic E-state index is 0.149. The van der Waals surface area contributed by atoms with E-state index in [0.29, 0.717) is 25.5 Å². The van der Waals surface area contributed by atoms with Gasteiger partial charge < -0.3 is 14.8 Å². The molecule has 1 aromatic carbocycles. The van der Waals surface area contributed by atoms with Crippen LogP contribution < -0.4 is 14.8 Å². The molecule has 0 atom stereocenters. The highest BCUT2D eigenvalue weighted by Gasteiger charge is 2.16. The molecule has 0 unspecified atom stereocenters. The highest BCUT2D eigenvalue weighted by Crippen LogP contribution is 2.26. The van der Waals surface area contributed by atoms with Crippen molar-refractivity contribution in [2.75, 3.05) is 20.3 Å². The quantitative estimate of drug-likeness (QED) is 0.785. The summed E-state index contributed by atoms with van der Waals surface area (Å²) in [5.41, 5.74) is 0. The van der Waals surface area contributed by atoms with Crippen molar-refractivity contribution >= 4 is 5.91 Å². The van der Waals surface area contributed by atoms with Gasteiger partial charge in [0.15, 0.2) is 0 Å². The van der Waals surface area contributed by atoms with Crippen LogP contribution in [0.25, 0.3) is 0 Å². The molecule has 1 aromatic rings. The van der Waals surface area contributed by atoms with E-state index in [0.717, 1.165) is 11.5 Å². The Balaban J connectivity index is 1.61. The van der Waals surface area contributed by atoms with Crippen LogP contribution in [0.5, 0.6) is 11.5 Å². The zero-order valence-corrected chi connectivity index (χ0v) is 12.8. The van der Waals surface area contributed by atoms with E-state index in [4.69, 9.17) is 9.47 Å². The second-order valence-electron chi connectivity index (χ2n) is 5.59. The lowest BCUT2D eigenvalue weighted by Gasteiger charge is -2.20. The van der Waals surface area contributed by atoms with Gasteiger partial charge in [-0.1, -0.05) is 25.3 Å². The Morgan fingerprint density at radius 3 is 2.76 bits per heavy atom. The average Bonchev–Trinajstić information content (AvgIpc) is 2.53. The molecule has 0 saturated heterocycles. The van der Waals surface area contributed by atoms with Crippen molar-refractivity contribution in [3.63, 3.8) is 0 Å². The number of nitrogens with one attached hydrogen (secondary N) is 1. The minimum Gasteiger partial charge on any atom is -0.497 e. The fourth-order valence-electron chi connectivity index (χ4n) is 2.78. The first-order valence-corrected chi connectivity index (χ1v) is 7.81. The van der Waals surface area contributed by atoms with Crippen LogP contribution in [0, 0.1) is 5.92 Å². The molecule has 0 bridgehead atoms. The first-order valence-electron chi connectivity index (χ1n) is 7.81. The zero-order valence-electron chi connectivity index (χ0n) is 12.8. The van der Waals surface area contributed by atoms with Crippen LogP contribution in [0.3, 0.4) is 0 Å². The standard InChI is InChI=1S/C17H25NO3/c1-20-15-8-5-9-16(13-15)21-11-10-18-17(19)12-14-6-3-2-4-7-14/h5,8-9,13-14H,2-4,6-7,10-12H2,1H3,(H,18,19). The van der Waals surface area contributed by atoms with Crippen molar-refractivity contribution in [2.45, 2.75) is 38.5 Å². The van der Waals surface area contributed by atoms with Gasteiger partial charge in [0.1, 0.15) is 18.1 Å². The molecule has 0 heterocycles. The van der Waals surface area contributed by atoms with Gasteiger partial charge in [-0.2, -0.15) is 0 Å². The number of ether oxygens (including phenoxy) is 2. The van der Waals surface area contributed by atoms with Crippen molar-refractivity contribution in [3.05, 3.63) is 24.3 Å². The average molecular weight is 291 g/mol. The van der Waals surface area contributed by atoms with Gasteiger partial charge in [0.2, 0.25) is 5.91 Å². The summed E-state index contributed by atoms with van der Waals surface area (Å²) < 4.78 is 10.7. The molecule has 1 aliphatic rings. The topological polar surface area (TPSA) is 47.6 Å². The Kier molecular flexibility index (Phi) is 6.38. The van der Waals surface area contributed by atoms with Crippen molar-refractivity contribution in [3.8, 4) is 11.5 Å². The molecule has 1 aliphatic carbocycles. The number of amides is 1. The fourth-order valence-corrected chi connectivity index (χ4v) is 2.78. The van der Waals surface area contributed by atoms with Crippen LogP contribution >= 0.6 is 0 Å². The van der Waals surface area contributed by atoms with E-state index in [-0.39, 0.29) is 5.91 Å². The Bertz CT molecular complexity index is 441. The Hall–Kier alpha value is -1.71. The van der Waals surface area contributed by atoms with E-state index in [9.17, 15) is 4.79 Å². The second-order valence-corrected chi connectivity index (χ2v) is 5.59. The number of carbonyl (C=O) groups excluding carboxylic acids is 1. The highest BCUT2D eigenvalue weighted by molar-refractivity contribution is 5.76. The van der Waals surface area contributed by atoms with Gasteiger partial charge in [0.25, 0.3) is 0 Å². The summed E-state index contributed by atoms with van der Waals surface area (Å²) in [7, 11) is 1.63. The Morgan fingerprint density at radius 1 is 1.24 bits per heavy atom. The molecule has 2 rings (SSSR count). The maximum atomic E-state index is 11.8. The van der Waals surface area contributed by atoms with Gasteiger partial charge in [-0.15, -0.1) is 0 Å². The highest BCUT2D eigenvalue weighted by atomic mass is 16.5. The Morgan fingerprint density at radius 2 is 2.00 bits per heavy atom. The predicted octanol–water partition coefficient (Wildman–Crippen LogP) is 3.16. The first-order chi connectivity index (χ1) is 10.3. The van der Waals surface area contributed by atoms with Gasteiger partial charge in [-0.25, -0.2) is 0 Å². The van der Waals surface area contributed by atoms with Gasteiger partial charge in [0.05, 0.1) is 13.7 Å². The molecular formula is C17H25NO3. The molecule has 1 N–H and O–H groups in total. The van der Waals surface area contributed by atoms with E-state index in [1.165, 1.54) is 32.1 Å². The summed E-state index contributed by atoms with van der Waals surface area (Å²) in [4.78, 5) is 11.8. The first kappa shape index (κ1) is 15.7. The summed E-state index contributed by atoms with van der Waals surface area (Å²) in [6, 6.07) is 7.48. The molecule has 4 heteroatoms. The Labute approximate surface area is 126 Å². The van der Waals surface area contributed by atoms with Crippen molar-refractivity contribution in [1.29, 1.82) is 0 Å². The number of carbonyl (C=O) groups is 1. The molecule has 4 nitrogen and oxygen atoms in total. The van der Waals surface area contributed by atoms with E-state index in [2.05, 4.69) is 5.32 Å². The molecule has 0 radical (unpaired) electrons. The summed E-state index contributed by atoms with van der Waals surface area (Å²) >= 11 is 0. The molecule has 21 heavy (non-hydrogen) atoms. The lowest BCUT2D eigenvalue weighted by molar-refractivity contribution is -0.122. The molecule has 1 amide bonds. The molecular weight excluding hydrogens is 266 g/mol. The number of hydrogen-bond acceptors (Lipinski definition) is 3. The van der Waals surface area contributed by atoms with Gasteiger partial charge in [-0.05, 0) is 30.9 Å². The van der Waals surface area contributed by atoms with E-state index in [1.807, 2.05) is 24.3 Å². The number of rotatable bonds is 7. The normalized spacial score (nSPS) is 15.5. The predicted molar refractivity (Wildman–Crippen MR) is 82.7 cm³/mol. The third-order valence-corrected chi connectivity index (χ3v) is 3.93. The monoisotopic (exact) mass is 291 g/mol. The number of methoxy groups -OCH3 is 1. The van der Waals surface area contributed by atoms with Crippen LogP contribution in [-0.4, -0.2) is 26.2 Å². The molecule has 1 fully saturated rings. The molecule has 1 saturated carbocycles. The number of hydrogen-bond donors (Lipinski definition) is 1. The molecule has 0 aromatic heterocycles. The van der Waals surface area contributed by atoms with Crippen molar-refractivity contribution < 1.29 is 14.3 Å². The number of benzene rings is 1. The van der Waals surface area contributed by atoms with Crippen LogP contribution in [0.4, 0.5) is 0 Å². The van der Waals surface area contributed by atoms with E-state index < -0.39 is 0 Å². The van der Waals surface area contributed by atoms with Gasteiger partial charge in [-0.3, -0.25) is 4.79 Å². The second kappa shape index (κ2) is 8.55. The third kappa shape index (κ3) is 5.66. The maximum absolute atomic E-state index is 11.8. The van der Waals surface area contributed by atoms with Crippen LogP contribution in [0.1, 0.15) is 38.5 Å². The van der Waals surface area contributed by atoms with Crippen LogP contribution in [-0.2, 0) is 4.79 Å². The van der Waals surface area contributed by atoms with E-state index in [1.54, 1.807) is 7.11 Å². The van der Waals surface area contributed by atoms with Crippen LogP contribution in [0.15, 0.2) is 24.3 Å². The fraction of sp³-hybridized carbons (Fsp3) is 0.588. The molecule has 0 aliphatic heterocycles. The van der Waals surface area contributed by atoms with Gasteiger partial charge >= 0.3 is 0 Å².